The van der Waals surface area contributed by atoms with E-state index in [2.05, 4.69) is 12.2 Å². The van der Waals surface area contributed by atoms with Gasteiger partial charge in [-0.25, -0.2) is 0 Å². The topological polar surface area (TPSA) is 51.4 Å². The van der Waals surface area contributed by atoms with Gasteiger partial charge in [0.05, 0.1) is 24.3 Å². The number of halogens is 3. The normalized spacial score (nSPS) is 19.9. The lowest BCUT2D eigenvalue weighted by atomic mass is 9.98. The Labute approximate surface area is 147 Å². The number of aliphatic hydroxyl groups is 1. The van der Waals surface area contributed by atoms with E-state index in [0.29, 0.717) is 25.0 Å². The molecule has 1 aromatic rings. The standard InChI is InChI=1S/C19H28F3NO2/c1-2-3-4-5-6-11-25-17-8-7-15(12-16(17)19(20,21)22)9-10-18(14-24)13-23-18/h7-8,12,23-24H,2-6,9-11,13-14H2,1H3. The molecular formula is C19H28F3NO2. The van der Waals surface area contributed by atoms with Crippen molar-refractivity contribution in [1.82, 2.24) is 5.32 Å². The molecule has 1 aromatic carbocycles. The number of unbranched alkanes of at least 4 members (excludes halogenated alkanes) is 4. The second-order valence-electron chi connectivity index (χ2n) is 6.88. The van der Waals surface area contributed by atoms with Gasteiger partial charge in [-0.05, 0) is 37.0 Å². The van der Waals surface area contributed by atoms with Crippen LogP contribution < -0.4 is 10.1 Å². The van der Waals surface area contributed by atoms with E-state index in [-0.39, 0.29) is 17.9 Å². The fourth-order valence-electron chi connectivity index (χ4n) is 2.84. The van der Waals surface area contributed by atoms with Crippen LogP contribution in [0.25, 0.3) is 0 Å². The van der Waals surface area contributed by atoms with Crippen molar-refractivity contribution < 1.29 is 23.0 Å². The van der Waals surface area contributed by atoms with Gasteiger partial charge in [0.2, 0.25) is 0 Å². The lowest BCUT2D eigenvalue weighted by molar-refractivity contribution is -0.139. The zero-order valence-electron chi connectivity index (χ0n) is 14.8. The van der Waals surface area contributed by atoms with Crippen molar-refractivity contribution in [3.8, 4) is 5.75 Å². The zero-order chi connectivity index (χ0) is 18.3. The molecule has 0 amide bonds. The van der Waals surface area contributed by atoms with E-state index >= 15 is 0 Å². The number of hydrogen-bond acceptors (Lipinski definition) is 3. The zero-order valence-corrected chi connectivity index (χ0v) is 14.8. The second kappa shape index (κ2) is 8.90. The van der Waals surface area contributed by atoms with Crippen molar-refractivity contribution in [3.63, 3.8) is 0 Å². The van der Waals surface area contributed by atoms with Gasteiger partial charge in [-0.2, -0.15) is 13.2 Å². The van der Waals surface area contributed by atoms with Crippen LogP contribution in [-0.4, -0.2) is 30.4 Å². The van der Waals surface area contributed by atoms with E-state index in [1.807, 2.05) is 0 Å². The molecule has 1 unspecified atom stereocenters. The number of alkyl halides is 3. The minimum Gasteiger partial charge on any atom is -0.493 e. The van der Waals surface area contributed by atoms with Crippen LogP contribution in [0.3, 0.4) is 0 Å². The molecule has 1 aliphatic rings. The number of hydrogen-bond donors (Lipinski definition) is 2. The lowest BCUT2D eigenvalue weighted by Gasteiger charge is -2.16. The van der Waals surface area contributed by atoms with Gasteiger partial charge in [0, 0.05) is 6.54 Å². The summed E-state index contributed by atoms with van der Waals surface area (Å²) >= 11 is 0. The predicted molar refractivity (Wildman–Crippen MR) is 91.8 cm³/mol. The van der Waals surface area contributed by atoms with E-state index in [4.69, 9.17) is 4.74 Å². The van der Waals surface area contributed by atoms with Gasteiger partial charge >= 0.3 is 6.18 Å². The van der Waals surface area contributed by atoms with Gasteiger partial charge in [-0.1, -0.05) is 38.7 Å². The molecule has 1 fully saturated rings. The smallest absolute Gasteiger partial charge is 0.419 e. The van der Waals surface area contributed by atoms with Crippen LogP contribution in [0.5, 0.6) is 5.75 Å². The van der Waals surface area contributed by atoms with Crippen molar-refractivity contribution in [3.05, 3.63) is 29.3 Å². The number of aryl methyl sites for hydroxylation is 1. The summed E-state index contributed by atoms with van der Waals surface area (Å²) in [6.45, 7) is 3.16. The summed E-state index contributed by atoms with van der Waals surface area (Å²) in [5.41, 5.74) is -0.393. The van der Waals surface area contributed by atoms with Crippen molar-refractivity contribution in [2.24, 2.45) is 0 Å². The van der Waals surface area contributed by atoms with Crippen molar-refractivity contribution >= 4 is 0 Å². The van der Waals surface area contributed by atoms with E-state index in [1.54, 1.807) is 6.07 Å². The Morgan fingerprint density at radius 2 is 1.92 bits per heavy atom. The highest BCUT2D eigenvalue weighted by atomic mass is 19.4. The Morgan fingerprint density at radius 1 is 1.20 bits per heavy atom. The Hall–Kier alpha value is -1.27. The molecule has 0 aromatic heterocycles. The maximum absolute atomic E-state index is 13.3. The molecule has 25 heavy (non-hydrogen) atoms. The molecule has 1 atom stereocenters. The summed E-state index contributed by atoms with van der Waals surface area (Å²) in [5, 5.41) is 12.4. The van der Waals surface area contributed by atoms with Gasteiger partial charge in [0.25, 0.3) is 0 Å². The fraction of sp³-hybridized carbons (Fsp3) is 0.684. The molecule has 1 saturated heterocycles. The second-order valence-corrected chi connectivity index (χ2v) is 6.88. The first kappa shape index (κ1) is 20.0. The Morgan fingerprint density at radius 3 is 2.52 bits per heavy atom. The third-order valence-electron chi connectivity index (χ3n) is 4.73. The molecule has 2 rings (SSSR count). The molecular weight excluding hydrogens is 331 g/mol. The summed E-state index contributed by atoms with van der Waals surface area (Å²) in [4.78, 5) is 0. The molecule has 0 aliphatic carbocycles. The molecule has 0 saturated carbocycles. The van der Waals surface area contributed by atoms with Crippen LogP contribution >= 0.6 is 0 Å². The van der Waals surface area contributed by atoms with Gasteiger partial charge in [0.15, 0.2) is 0 Å². The predicted octanol–water partition coefficient (Wildman–Crippen LogP) is 4.32. The highest BCUT2D eigenvalue weighted by molar-refractivity contribution is 5.39. The van der Waals surface area contributed by atoms with Crippen LogP contribution in [0.15, 0.2) is 18.2 Å². The summed E-state index contributed by atoms with van der Waals surface area (Å²) in [7, 11) is 0. The molecule has 6 heteroatoms. The van der Waals surface area contributed by atoms with E-state index in [0.717, 1.165) is 38.6 Å². The quantitative estimate of drug-likeness (QED) is 0.457. The van der Waals surface area contributed by atoms with Crippen LogP contribution in [0, 0.1) is 0 Å². The molecule has 142 valence electrons. The molecule has 3 nitrogen and oxygen atoms in total. The third-order valence-corrected chi connectivity index (χ3v) is 4.73. The third kappa shape index (κ3) is 6.19. The van der Waals surface area contributed by atoms with Gasteiger partial charge in [-0.15, -0.1) is 0 Å². The maximum atomic E-state index is 13.3. The summed E-state index contributed by atoms with van der Waals surface area (Å²) in [6.07, 6.45) is 1.80. The minimum absolute atomic E-state index is 0.0123. The number of aliphatic hydroxyl groups excluding tert-OH is 1. The van der Waals surface area contributed by atoms with Crippen molar-refractivity contribution in [2.75, 3.05) is 19.8 Å². The minimum atomic E-state index is -4.43. The first-order valence-electron chi connectivity index (χ1n) is 9.09. The Kier molecular flexibility index (Phi) is 7.14. The van der Waals surface area contributed by atoms with Crippen LogP contribution in [0.1, 0.15) is 56.6 Å². The van der Waals surface area contributed by atoms with E-state index in [9.17, 15) is 18.3 Å². The summed E-state index contributed by atoms with van der Waals surface area (Å²) in [5.74, 6) is -0.0897. The fourth-order valence-corrected chi connectivity index (χ4v) is 2.84. The molecule has 0 spiro atoms. The highest BCUT2D eigenvalue weighted by Crippen LogP contribution is 2.37. The summed E-state index contributed by atoms with van der Waals surface area (Å²) in [6, 6.07) is 4.30. The Balaban J connectivity index is 1.94. The Bertz CT molecular complexity index is 542. The monoisotopic (exact) mass is 359 g/mol. The number of ether oxygens (including phenoxy) is 1. The van der Waals surface area contributed by atoms with Gasteiger partial charge < -0.3 is 15.2 Å². The van der Waals surface area contributed by atoms with Crippen molar-refractivity contribution in [1.29, 1.82) is 0 Å². The highest BCUT2D eigenvalue weighted by Gasteiger charge is 2.41. The first-order valence-corrected chi connectivity index (χ1v) is 9.09. The van der Waals surface area contributed by atoms with Crippen molar-refractivity contribution in [2.45, 2.75) is 63.6 Å². The number of rotatable bonds is 11. The molecule has 0 bridgehead atoms. The molecule has 0 radical (unpaired) electrons. The molecule has 2 N–H and O–H groups in total. The van der Waals surface area contributed by atoms with Crippen LogP contribution in [0.4, 0.5) is 13.2 Å². The SMILES string of the molecule is CCCCCCCOc1ccc(CCC2(CO)CN2)cc1C(F)(F)F. The average molecular weight is 359 g/mol. The van der Waals surface area contributed by atoms with Crippen LogP contribution in [0.2, 0.25) is 0 Å². The maximum Gasteiger partial charge on any atom is 0.419 e. The average Bonchev–Trinajstić information content (AvgIpc) is 3.36. The van der Waals surface area contributed by atoms with E-state index < -0.39 is 11.7 Å². The van der Waals surface area contributed by atoms with Gasteiger partial charge in [0.1, 0.15) is 5.75 Å². The lowest BCUT2D eigenvalue weighted by Crippen LogP contribution is -2.21. The summed E-state index contributed by atoms with van der Waals surface area (Å²) < 4.78 is 45.4. The van der Waals surface area contributed by atoms with Crippen LogP contribution in [-0.2, 0) is 12.6 Å². The molecule has 1 aliphatic heterocycles. The largest absolute Gasteiger partial charge is 0.493 e. The molecule has 1 heterocycles. The number of benzene rings is 1. The first-order chi connectivity index (χ1) is 11.9. The number of nitrogens with one attached hydrogen (secondary N) is 1. The van der Waals surface area contributed by atoms with Gasteiger partial charge in [-0.3, -0.25) is 0 Å². The van der Waals surface area contributed by atoms with E-state index in [1.165, 1.54) is 12.1 Å².